The van der Waals surface area contributed by atoms with E-state index in [9.17, 15) is 4.39 Å². The highest BCUT2D eigenvalue weighted by molar-refractivity contribution is 6.37. The monoisotopic (exact) mass is 308 g/mol. The molecule has 6 heteroatoms. The van der Waals surface area contributed by atoms with E-state index in [1.165, 1.54) is 24.7 Å². The average Bonchev–Trinajstić information content (AvgIpc) is 2.94. The van der Waals surface area contributed by atoms with Gasteiger partial charge in [-0.3, -0.25) is 0 Å². The molecule has 20 heavy (non-hydrogen) atoms. The smallest absolute Gasteiger partial charge is 0.165 e. The van der Waals surface area contributed by atoms with Crippen LogP contribution in [0.4, 0.5) is 4.39 Å². The summed E-state index contributed by atoms with van der Waals surface area (Å²) in [5.74, 6) is 0.0385. The number of furan rings is 1. The predicted molar refractivity (Wildman–Crippen MR) is 75.1 cm³/mol. The van der Waals surface area contributed by atoms with Gasteiger partial charge < -0.3 is 4.42 Å². The van der Waals surface area contributed by atoms with E-state index in [0.29, 0.717) is 22.5 Å². The van der Waals surface area contributed by atoms with Crippen LogP contribution in [0, 0.1) is 5.82 Å². The first-order chi connectivity index (χ1) is 9.65. The molecule has 1 aromatic carbocycles. The van der Waals surface area contributed by atoms with Gasteiger partial charge in [0, 0.05) is 0 Å². The van der Waals surface area contributed by atoms with Crippen LogP contribution in [0.3, 0.4) is 0 Å². The van der Waals surface area contributed by atoms with Crippen molar-refractivity contribution in [1.29, 1.82) is 0 Å². The van der Waals surface area contributed by atoms with E-state index >= 15 is 0 Å². The summed E-state index contributed by atoms with van der Waals surface area (Å²) in [4.78, 5) is 8.38. The molecular weight excluding hydrogens is 302 g/mol. The molecule has 3 nitrogen and oxygen atoms in total. The van der Waals surface area contributed by atoms with Gasteiger partial charge in [-0.2, -0.15) is 0 Å². The number of halogens is 3. The topological polar surface area (TPSA) is 38.9 Å². The molecule has 0 bridgehead atoms. The molecule has 0 aliphatic rings. The quantitative estimate of drug-likeness (QED) is 0.635. The summed E-state index contributed by atoms with van der Waals surface area (Å²) in [6.07, 6.45) is 3.01. The second-order valence-electron chi connectivity index (χ2n) is 4.02. The Morgan fingerprint density at radius 3 is 2.10 bits per heavy atom. The summed E-state index contributed by atoms with van der Waals surface area (Å²) < 4.78 is 17.9. The SMILES string of the molecule is Fc1ccc(-c2c(Cl)nc(-c3ccoc3)nc2Cl)cc1. The largest absolute Gasteiger partial charge is 0.472 e. The van der Waals surface area contributed by atoms with Crippen molar-refractivity contribution < 1.29 is 8.81 Å². The lowest BCUT2D eigenvalue weighted by molar-refractivity contribution is 0.568. The van der Waals surface area contributed by atoms with Crippen LogP contribution in [0.1, 0.15) is 0 Å². The van der Waals surface area contributed by atoms with Gasteiger partial charge in [-0.25, -0.2) is 14.4 Å². The molecule has 0 aliphatic heterocycles. The first-order valence-electron chi connectivity index (χ1n) is 5.66. The van der Waals surface area contributed by atoms with E-state index in [-0.39, 0.29) is 16.1 Å². The zero-order valence-corrected chi connectivity index (χ0v) is 11.5. The molecule has 0 fully saturated rings. The van der Waals surface area contributed by atoms with Crippen molar-refractivity contribution in [2.45, 2.75) is 0 Å². The van der Waals surface area contributed by atoms with Crippen molar-refractivity contribution >= 4 is 23.2 Å². The number of benzene rings is 1. The Morgan fingerprint density at radius 2 is 1.55 bits per heavy atom. The van der Waals surface area contributed by atoms with Crippen LogP contribution < -0.4 is 0 Å². The lowest BCUT2D eigenvalue weighted by Gasteiger charge is -2.07. The first-order valence-corrected chi connectivity index (χ1v) is 6.42. The lowest BCUT2D eigenvalue weighted by Crippen LogP contribution is -1.94. The summed E-state index contributed by atoms with van der Waals surface area (Å²) in [5, 5.41) is 0.403. The third-order valence-electron chi connectivity index (χ3n) is 2.73. The number of aromatic nitrogens is 2. The summed E-state index contributed by atoms with van der Waals surface area (Å²) in [6.45, 7) is 0. The van der Waals surface area contributed by atoms with Crippen LogP contribution in [-0.2, 0) is 0 Å². The summed E-state index contributed by atoms with van der Waals surface area (Å²) >= 11 is 12.3. The van der Waals surface area contributed by atoms with E-state index in [0.717, 1.165) is 0 Å². The number of hydrogen-bond acceptors (Lipinski definition) is 3. The van der Waals surface area contributed by atoms with E-state index in [1.54, 1.807) is 18.2 Å². The predicted octanol–water partition coefficient (Wildman–Crippen LogP) is 4.85. The van der Waals surface area contributed by atoms with Crippen molar-refractivity contribution in [3.8, 4) is 22.5 Å². The molecule has 0 spiro atoms. The van der Waals surface area contributed by atoms with Crippen LogP contribution in [0.2, 0.25) is 10.3 Å². The molecule has 0 aliphatic carbocycles. The molecule has 3 aromatic rings. The molecule has 0 unspecified atom stereocenters. The van der Waals surface area contributed by atoms with E-state index in [4.69, 9.17) is 27.6 Å². The van der Waals surface area contributed by atoms with E-state index in [1.807, 2.05) is 0 Å². The molecule has 2 aromatic heterocycles. The van der Waals surface area contributed by atoms with Gasteiger partial charge in [0.05, 0.1) is 17.4 Å². The van der Waals surface area contributed by atoms with Gasteiger partial charge in [-0.15, -0.1) is 0 Å². The maximum atomic E-state index is 12.9. The lowest BCUT2D eigenvalue weighted by atomic mass is 10.1. The van der Waals surface area contributed by atoms with Crippen molar-refractivity contribution in [3.63, 3.8) is 0 Å². The number of rotatable bonds is 2. The summed E-state index contributed by atoms with van der Waals surface area (Å²) in [5.41, 5.74) is 1.81. The van der Waals surface area contributed by atoms with Crippen molar-refractivity contribution in [2.24, 2.45) is 0 Å². The van der Waals surface area contributed by atoms with Crippen molar-refractivity contribution in [1.82, 2.24) is 9.97 Å². The fraction of sp³-hybridized carbons (Fsp3) is 0. The maximum Gasteiger partial charge on any atom is 0.165 e. The highest BCUT2D eigenvalue weighted by Gasteiger charge is 2.15. The summed E-state index contributed by atoms with van der Waals surface area (Å²) in [6, 6.07) is 7.50. The zero-order chi connectivity index (χ0) is 14.1. The van der Waals surface area contributed by atoms with Gasteiger partial charge in [0.15, 0.2) is 5.82 Å². The molecular formula is C14H7Cl2FN2O. The van der Waals surface area contributed by atoms with Gasteiger partial charge in [0.1, 0.15) is 22.4 Å². The number of nitrogens with zero attached hydrogens (tertiary/aromatic N) is 2. The molecule has 3 rings (SSSR count). The number of hydrogen-bond donors (Lipinski definition) is 0. The molecule has 0 radical (unpaired) electrons. The Balaban J connectivity index is 2.11. The van der Waals surface area contributed by atoms with Gasteiger partial charge in [-0.05, 0) is 23.8 Å². The molecule has 0 amide bonds. The molecule has 2 heterocycles. The Hall–Kier alpha value is -1.91. The normalized spacial score (nSPS) is 10.8. The molecule has 0 saturated heterocycles. The van der Waals surface area contributed by atoms with Crippen LogP contribution in [0.15, 0.2) is 47.3 Å². The molecule has 0 saturated carbocycles. The van der Waals surface area contributed by atoms with Gasteiger partial charge in [0.2, 0.25) is 0 Å². The Bertz CT molecular complexity index is 719. The maximum absolute atomic E-state index is 12.9. The summed E-state index contributed by atoms with van der Waals surface area (Å²) in [7, 11) is 0. The first kappa shape index (κ1) is 13.1. The Kier molecular flexibility index (Phi) is 3.42. The Labute approximate surface area is 124 Å². The van der Waals surface area contributed by atoms with Crippen LogP contribution in [-0.4, -0.2) is 9.97 Å². The zero-order valence-electron chi connectivity index (χ0n) is 9.98. The van der Waals surface area contributed by atoms with Crippen LogP contribution in [0.25, 0.3) is 22.5 Å². The van der Waals surface area contributed by atoms with Crippen LogP contribution >= 0.6 is 23.2 Å². The third-order valence-corrected chi connectivity index (χ3v) is 3.28. The average molecular weight is 309 g/mol. The van der Waals surface area contributed by atoms with Crippen molar-refractivity contribution in [3.05, 3.63) is 59.0 Å². The van der Waals surface area contributed by atoms with Gasteiger partial charge in [-0.1, -0.05) is 35.3 Å². The van der Waals surface area contributed by atoms with E-state index in [2.05, 4.69) is 9.97 Å². The fourth-order valence-electron chi connectivity index (χ4n) is 1.78. The van der Waals surface area contributed by atoms with Crippen molar-refractivity contribution in [2.75, 3.05) is 0 Å². The third kappa shape index (κ3) is 2.40. The van der Waals surface area contributed by atoms with E-state index < -0.39 is 0 Å². The molecule has 0 atom stereocenters. The van der Waals surface area contributed by atoms with Gasteiger partial charge >= 0.3 is 0 Å². The highest BCUT2D eigenvalue weighted by Crippen LogP contribution is 2.34. The standard InChI is InChI=1S/C14H7Cl2FN2O/c15-12-11(8-1-3-10(17)4-2-8)13(16)19-14(18-12)9-5-6-20-7-9/h1-7H. The highest BCUT2D eigenvalue weighted by atomic mass is 35.5. The fourth-order valence-corrected chi connectivity index (χ4v) is 2.39. The molecule has 0 N–H and O–H groups in total. The minimum atomic E-state index is -0.336. The minimum Gasteiger partial charge on any atom is -0.472 e. The second-order valence-corrected chi connectivity index (χ2v) is 4.74. The second kappa shape index (κ2) is 5.23. The van der Waals surface area contributed by atoms with Gasteiger partial charge in [0.25, 0.3) is 0 Å². The minimum absolute atomic E-state index is 0.202. The van der Waals surface area contributed by atoms with Crippen LogP contribution in [0.5, 0.6) is 0 Å². The molecule has 100 valence electrons. The Morgan fingerprint density at radius 1 is 0.900 bits per heavy atom.